The van der Waals surface area contributed by atoms with Crippen LogP contribution in [0.5, 0.6) is 0 Å². The zero-order valence-electron chi connectivity index (χ0n) is 31.8. The van der Waals surface area contributed by atoms with Gasteiger partial charge in [0.25, 0.3) is 0 Å². The molecule has 16 heteroatoms. The largest absolute Gasteiger partial charge is 0.445 e. The van der Waals surface area contributed by atoms with Gasteiger partial charge < -0.3 is 67.1 Å². The minimum atomic E-state index is -0.515. The molecular formula is C36H64N2O14. The second-order valence-corrected chi connectivity index (χ2v) is 12.0. The summed E-state index contributed by atoms with van der Waals surface area (Å²) in [6, 6.07) is 9.49. The van der Waals surface area contributed by atoms with Gasteiger partial charge in [-0.25, -0.2) is 9.59 Å². The summed E-state index contributed by atoms with van der Waals surface area (Å²) in [5, 5.41) is 2.64. The molecule has 0 aliphatic heterocycles. The molecule has 16 nitrogen and oxygen atoms in total. The summed E-state index contributed by atoms with van der Waals surface area (Å²) in [4.78, 5) is 25.0. The minimum Gasteiger partial charge on any atom is -0.445 e. The highest BCUT2D eigenvalue weighted by molar-refractivity contribution is 5.67. The lowest BCUT2D eigenvalue weighted by molar-refractivity contribution is -0.0266. The molecule has 1 aromatic carbocycles. The lowest BCUT2D eigenvalue weighted by Gasteiger charge is -2.24. The molecule has 0 aliphatic rings. The van der Waals surface area contributed by atoms with E-state index >= 15 is 0 Å². The van der Waals surface area contributed by atoms with E-state index in [1.807, 2.05) is 51.1 Å². The van der Waals surface area contributed by atoms with Crippen molar-refractivity contribution >= 4 is 12.2 Å². The van der Waals surface area contributed by atoms with E-state index < -0.39 is 11.7 Å². The lowest BCUT2D eigenvalue weighted by Crippen LogP contribution is -2.36. The zero-order chi connectivity index (χ0) is 37.8. The number of likely N-dealkylation sites (N-methyl/N-ethyl adjacent to an activating group) is 1. The van der Waals surface area contributed by atoms with E-state index in [-0.39, 0.29) is 12.7 Å². The average Bonchev–Trinajstić information content (AvgIpc) is 3.12. The van der Waals surface area contributed by atoms with Crippen molar-refractivity contribution in [2.45, 2.75) is 33.0 Å². The minimum absolute atomic E-state index is 0.234. The highest BCUT2D eigenvalue weighted by atomic mass is 16.6. The third kappa shape index (κ3) is 33.2. The van der Waals surface area contributed by atoms with Crippen LogP contribution in [0, 0.1) is 0 Å². The number of nitrogens with zero attached hydrogens (tertiary/aromatic N) is 1. The Morgan fingerprint density at radius 3 is 1.25 bits per heavy atom. The fourth-order valence-electron chi connectivity index (χ4n) is 3.71. The Morgan fingerprint density at radius 2 is 0.885 bits per heavy atom. The third-order valence-corrected chi connectivity index (χ3v) is 6.35. The molecular weight excluding hydrogens is 684 g/mol. The number of amides is 2. The van der Waals surface area contributed by atoms with Crippen molar-refractivity contribution in [3.63, 3.8) is 0 Å². The smallest absolute Gasteiger partial charge is 0.410 e. The molecule has 0 heterocycles. The standard InChI is InChI=1S/C36H64N2O14/c1-36(2,3)52-35(40)38(4)11-13-42-15-17-44-19-21-46-23-25-48-27-29-50-31-30-49-28-26-47-24-22-45-20-18-43-16-14-41-12-10-37-34(39)51-32-33-8-6-5-7-9-33/h5-9H,10-32H2,1-4H3,(H,37,39). The quantitative estimate of drug-likeness (QED) is 0.101. The summed E-state index contributed by atoms with van der Waals surface area (Å²) >= 11 is 0. The Labute approximate surface area is 309 Å². The molecule has 302 valence electrons. The summed E-state index contributed by atoms with van der Waals surface area (Å²) in [6.45, 7) is 15.8. The first kappa shape index (κ1) is 47.4. The van der Waals surface area contributed by atoms with E-state index in [1.54, 1.807) is 7.05 Å². The number of alkyl carbamates (subject to hydrolysis) is 1. The van der Waals surface area contributed by atoms with E-state index in [2.05, 4.69) is 5.32 Å². The van der Waals surface area contributed by atoms with E-state index in [4.69, 9.17) is 56.8 Å². The number of carbonyl (C=O) groups is 2. The van der Waals surface area contributed by atoms with Crippen molar-refractivity contribution in [2.75, 3.05) is 152 Å². The van der Waals surface area contributed by atoms with Gasteiger partial charge in [-0.1, -0.05) is 30.3 Å². The van der Waals surface area contributed by atoms with Gasteiger partial charge in [-0.05, 0) is 26.3 Å². The van der Waals surface area contributed by atoms with Gasteiger partial charge in [-0.15, -0.1) is 0 Å². The summed E-state index contributed by atoms with van der Waals surface area (Å²) < 4.78 is 65.1. The topological polar surface area (TPSA) is 160 Å². The fraction of sp³-hybridized carbons (Fsp3) is 0.778. The Kier molecular flexibility index (Phi) is 31.1. The normalized spacial score (nSPS) is 11.5. The van der Waals surface area contributed by atoms with Gasteiger partial charge in [0.1, 0.15) is 12.2 Å². The van der Waals surface area contributed by atoms with Crippen LogP contribution in [0.2, 0.25) is 0 Å². The predicted molar refractivity (Wildman–Crippen MR) is 192 cm³/mol. The molecule has 1 rings (SSSR count). The molecule has 1 N–H and O–H groups in total. The number of rotatable bonds is 35. The molecule has 0 radical (unpaired) electrons. The highest BCUT2D eigenvalue weighted by Gasteiger charge is 2.19. The zero-order valence-corrected chi connectivity index (χ0v) is 31.8. The van der Waals surface area contributed by atoms with Gasteiger partial charge in [0, 0.05) is 20.1 Å². The maximum absolute atomic E-state index is 11.9. The number of hydrogen-bond donors (Lipinski definition) is 1. The first-order valence-corrected chi connectivity index (χ1v) is 17.9. The summed E-state index contributed by atoms with van der Waals surface area (Å²) in [6.07, 6.45) is -0.841. The SMILES string of the molecule is CN(CCOCCOCCOCCOCCOCCOCCOCCOCCOCCOCCNC(=O)OCc1ccccc1)C(=O)OC(C)(C)C. The van der Waals surface area contributed by atoms with Crippen molar-refractivity contribution < 1.29 is 66.4 Å². The molecule has 0 bridgehead atoms. The van der Waals surface area contributed by atoms with Crippen molar-refractivity contribution in [3.05, 3.63) is 35.9 Å². The van der Waals surface area contributed by atoms with Gasteiger partial charge in [0.15, 0.2) is 0 Å². The van der Waals surface area contributed by atoms with E-state index in [0.717, 1.165) is 5.56 Å². The number of hydrogen-bond acceptors (Lipinski definition) is 14. The maximum Gasteiger partial charge on any atom is 0.410 e. The van der Waals surface area contributed by atoms with E-state index in [9.17, 15) is 9.59 Å². The summed E-state index contributed by atoms with van der Waals surface area (Å²) in [5.74, 6) is 0. The third-order valence-electron chi connectivity index (χ3n) is 6.35. The second-order valence-electron chi connectivity index (χ2n) is 12.0. The van der Waals surface area contributed by atoms with Gasteiger partial charge in [-0.3, -0.25) is 0 Å². The Bertz CT molecular complexity index is 955. The van der Waals surface area contributed by atoms with Crippen LogP contribution in [0.1, 0.15) is 26.3 Å². The number of carbonyl (C=O) groups excluding carboxylic acids is 2. The fourth-order valence-corrected chi connectivity index (χ4v) is 3.71. The van der Waals surface area contributed by atoms with Crippen molar-refractivity contribution in [1.82, 2.24) is 10.2 Å². The van der Waals surface area contributed by atoms with Crippen molar-refractivity contribution in [1.29, 1.82) is 0 Å². The molecule has 0 fully saturated rings. The van der Waals surface area contributed by atoms with E-state index in [0.29, 0.717) is 145 Å². The van der Waals surface area contributed by atoms with Crippen LogP contribution in [-0.2, 0) is 63.4 Å². The van der Waals surface area contributed by atoms with Crippen molar-refractivity contribution in [3.8, 4) is 0 Å². The van der Waals surface area contributed by atoms with Crippen LogP contribution >= 0.6 is 0 Å². The van der Waals surface area contributed by atoms with Crippen molar-refractivity contribution in [2.24, 2.45) is 0 Å². The van der Waals surface area contributed by atoms with Crippen LogP contribution in [0.25, 0.3) is 0 Å². The maximum atomic E-state index is 11.9. The highest BCUT2D eigenvalue weighted by Crippen LogP contribution is 2.08. The molecule has 1 aromatic rings. The average molecular weight is 749 g/mol. The molecule has 2 amide bonds. The van der Waals surface area contributed by atoms with Gasteiger partial charge in [-0.2, -0.15) is 0 Å². The first-order valence-electron chi connectivity index (χ1n) is 17.9. The van der Waals surface area contributed by atoms with Gasteiger partial charge in [0.05, 0.1) is 132 Å². The molecule has 0 aromatic heterocycles. The van der Waals surface area contributed by atoms with Crippen LogP contribution in [0.15, 0.2) is 30.3 Å². The number of ether oxygens (including phenoxy) is 12. The monoisotopic (exact) mass is 748 g/mol. The second kappa shape index (κ2) is 34.1. The molecule has 52 heavy (non-hydrogen) atoms. The van der Waals surface area contributed by atoms with Crippen LogP contribution in [-0.4, -0.2) is 175 Å². The molecule has 0 saturated carbocycles. The lowest BCUT2D eigenvalue weighted by atomic mass is 10.2. The number of nitrogens with one attached hydrogen (secondary N) is 1. The predicted octanol–water partition coefficient (Wildman–Crippen LogP) is 2.95. The molecule has 0 saturated heterocycles. The Balaban J connectivity index is 1.67. The molecule has 0 atom stereocenters. The van der Waals surface area contributed by atoms with E-state index in [1.165, 1.54) is 4.90 Å². The molecule has 0 aliphatic carbocycles. The number of benzene rings is 1. The first-order chi connectivity index (χ1) is 25.3. The van der Waals surface area contributed by atoms with Crippen LogP contribution < -0.4 is 5.32 Å². The summed E-state index contributed by atoms with van der Waals surface area (Å²) in [5.41, 5.74) is 0.420. The van der Waals surface area contributed by atoms with Crippen LogP contribution in [0.3, 0.4) is 0 Å². The van der Waals surface area contributed by atoms with Crippen LogP contribution in [0.4, 0.5) is 9.59 Å². The Morgan fingerprint density at radius 1 is 0.538 bits per heavy atom. The Hall–Kier alpha value is -2.64. The molecule has 0 unspecified atom stereocenters. The summed E-state index contributed by atoms with van der Waals surface area (Å²) in [7, 11) is 1.68. The molecule has 0 spiro atoms. The van der Waals surface area contributed by atoms with Gasteiger partial charge in [0.2, 0.25) is 0 Å². The van der Waals surface area contributed by atoms with Gasteiger partial charge >= 0.3 is 12.2 Å².